The molecule has 0 spiro atoms. The minimum absolute atomic E-state index is 0.0574. The number of benzene rings is 2. The van der Waals surface area contributed by atoms with Gasteiger partial charge in [0.15, 0.2) is 5.65 Å². The monoisotopic (exact) mass is 443 g/mol. The van der Waals surface area contributed by atoms with Crippen molar-refractivity contribution in [1.82, 2.24) is 19.5 Å². The smallest absolute Gasteiger partial charge is 0.257 e. The first-order valence-corrected chi connectivity index (χ1v) is 11.3. The van der Waals surface area contributed by atoms with Crippen LogP contribution in [0.5, 0.6) is 0 Å². The number of para-hydroxylation sites is 1. The minimum atomic E-state index is -0.234. The Morgan fingerprint density at radius 3 is 2.36 bits per heavy atom. The minimum Gasteiger partial charge on any atom is -0.366 e. The second kappa shape index (κ2) is 8.65. The average Bonchev–Trinajstić information content (AvgIpc) is 3.28. The largest absolute Gasteiger partial charge is 0.366 e. The molecule has 0 N–H and O–H groups in total. The molecule has 0 saturated carbocycles. The Bertz CT molecular complexity index is 1290. The molecule has 1 amide bonds. The number of halogens is 1. The van der Waals surface area contributed by atoms with E-state index in [0.717, 1.165) is 22.6 Å². The first-order chi connectivity index (χ1) is 16.0. The number of hydrogen-bond donors (Lipinski definition) is 0. The SMILES string of the molecule is CC(C)c1c(C(=O)N2CCN(c3ccccc3F)CC2)cnc2cc(-c3ccccc3)nn12. The molecule has 1 saturated heterocycles. The van der Waals surface area contributed by atoms with Crippen molar-refractivity contribution in [2.75, 3.05) is 31.1 Å². The van der Waals surface area contributed by atoms with Gasteiger partial charge in [-0.25, -0.2) is 13.9 Å². The molecule has 6 nitrogen and oxygen atoms in total. The van der Waals surface area contributed by atoms with Crippen molar-refractivity contribution >= 4 is 17.2 Å². The van der Waals surface area contributed by atoms with E-state index in [1.165, 1.54) is 6.07 Å². The second-order valence-corrected chi connectivity index (χ2v) is 8.61. The molecule has 5 rings (SSSR count). The van der Waals surface area contributed by atoms with Gasteiger partial charge in [-0.05, 0) is 18.1 Å². The quantitative estimate of drug-likeness (QED) is 0.462. The van der Waals surface area contributed by atoms with Gasteiger partial charge in [-0.3, -0.25) is 4.79 Å². The van der Waals surface area contributed by atoms with Crippen molar-refractivity contribution in [1.29, 1.82) is 0 Å². The first-order valence-electron chi connectivity index (χ1n) is 11.3. The number of nitrogens with zero attached hydrogens (tertiary/aromatic N) is 5. The van der Waals surface area contributed by atoms with Crippen LogP contribution in [-0.2, 0) is 0 Å². The zero-order valence-corrected chi connectivity index (χ0v) is 18.8. The topological polar surface area (TPSA) is 53.7 Å². The summed E-state index contributed by atoms with van der Waals surface area (Å²) in [6.45, 7) is 6.34. The van der Waals surface area contributed by atoms with Gasteiger partial charge in [0.2, 0.25) is 0 Å². The second-order valence-electron chi connectivity index (χ2n) is 8.61. The summed E-state index contributed by atoms with van der Waals surface area (Å²) in [6, 6.07) is 18.7. The fourth-order valence-electron chi connectivity index (χ4n) is 4.45. The van der Waals surface area contributed by atoms with E-state index < -0.39 is 0 Å². The third kappa shape index (κ3) is 3.95. The van der Waals surface area contributed by atoms with Crippen LogP contribution in [0.25, 0.3) is 16.9 Å². The highest BCUT2D eigenvalue weighted by atomic mass is 19.1. The van der Waals surface area contributed by atoms with Crippen LogP contribution >= 0.6 is 0 Å². The summed E-state index contributed by atoms with van der Waals surface area (Å²) < 4.78 is 16.0. The maximum absolute atomic E-state index is 14.2. The van der Waals surface area contributed by atoms with Gasteiger partial charge in [-0.1, -0.05) is 56.3 Å². The molecule has 33 heavy (non-hydrogen) atoms. The van der Waals surface area contributed by atoms with Crippen molar-refractivity contribution in [3.8, 4) is 11.3 Å². The van der Waals surface area contributed by atoms with E-state index in [1.807, 2.05) is 52.3 Å². The fourth-order valence-corrected chi connectivity index (χ4v) is 4.45. The molecule has 1 aliphatic rings. The Kier molecular flexibility index (Phi) is 5.54. The molecule has 3 heterocycles. The standard InChI is InChI=1S/C26H26FN5O/c1-18(2)25-20(17-28-24-16-22(29-32(24)25)19-8-4-3-5-9-19)26(33)31-14-12-30(13-15-31)23-11-7-6-10-21(23)27/h3-11,16-18H,12-15H2,1-2H3. The number of piperazine rings is 1. The first kappa shape index (κ1) is 21.1. The molecular weight excluding hydrogens is 417 g/mol. The molecule has 2 aromatic carbocycles. The molecule has 0 bridgehead atoms. The number of aromatic nitrogens is 3. The summed E-state index contributed by atoms with van der Waals surface area (Å²) in [7, 11) is 0. The van der Waals surface area contributed by atoms with Crippen LogP contribution in [0.3, 0.4) is 0 Å². The number of rotatable bonds is 4. The van der Waals surface area contributed by atoms with Gasteiger partial charge in [0.05, 0.1) is 22.6 Å². The number of amides is 1. The van der Waals surface area contributed by atoms with Crippen LogP contribution in [0.4, 0.5) is 10.1 Å². The van der Waals surface area contributed by atoms with Gasteiger partial charge >= 0.3 is 0 Å². The third-order valence-corrected chi connectivity index (χ3v) is 6.13. The molecule has 0 radical (unpaired) electrons. The van der Waals surface area contributed by atoms with Gasteiger partial charge in [-0.15, -0.1) is 0 Å². The van der Waals surface area contributed by atoms with Crippen molar-refractivity contribution in [3.05, 3.63) is 83.9 Å². The summed E-state index contributed by atoms with van der Waals surface area (Å²) in [5.74, 6) is -0.211. The molecular formula is C26H26FN5O. The van der Waals surface area contributed by atoms with Crippen LogP contribution in [-0.4, -0.2) is 51.6 Å². The van der Waals surface area contributed by atoms with Gasteiger partial charge < -0.3 is 9.80 Å². The van der Waals surface area contributed by atoms with Crippen LogP contribution in [0.1, 0.15) is 35.8 Å². The number of hydrogen-bond acceptors (Lipinski definition) is 4. The van der Waals surface area contributed by atoms with E-state index in [1.54, 1.807) is 22.8 Å². The molecule has 7 heteroatoms. The van der Waals surface area contributed by atoms with Gasteiger partial charge in [-0.2, -0.15) is 5.10 Å². The normalized spacial score (nSPS) is 14.3. The van der Waals surface area contributed by atoms with Crippen LogP contribution in [0, 0.1) is 5.82 Å². The summed E-state index contributed by atoms with van der Waals surface area (Å²) >= 11 is 0. The van der Waals surface area contributed by atoms with Crippen LogP contribution in [0.15, 0.2) is 66.9 Å². The highest BCUT2D eigenvalue weighted by molar-refractivity contribution is 5.95. The highest BCUT2D eigenvalue weighted by Gasteiger charge is 2.27. The predicted molar refractivity (Wildman–Crippen MR) is 127 cm³/mol. The molecule has 168 valence electrons. The molecule has 1 fully saturated rings. The lowest BCUT2D eigenvalue weighted by molar-refractivity contribution is 0.0743. The summed E-state index contributed by atoms with van der Waals surface area (Å²) in [4.78, 5) is 21.9. The van der Waals surface area contributed by atoms with Crippen molar-refractivity contribution in [3.63, 3.8) is 0 Å². The van der Waals surface area contributed by atoms with Crippen molar-refractivity contribution in [2.24, 2.45) is 0 Å². The number of anilines is 1. The van der Waals surface area contributed by atoms with E-state index in [9.17, 15) is 9.18 Å². The Balaban J connectivity index is 1.43. The van der Waals surface area contributed by atoms with E-state index in [2.05, 4.69) is 18.8 Å². The third-order valence-electron chi connectivity index (χ3n) is 6.13. The molecule has 4 aromatic rings. The molecule has 2 aromatic heterocycles. The molecule has 0 unspecified atom stereocenters. The summed E-state index contributed by atoms with van der Waals surface area (Å²) in [5.41, 5.74) is 4.56. The Hall–Kier alpha value is -3.74. The molecule has 1 aliphatic heterocycles. The van der Waals surface area contributed by atoms with Crippen LogP contribution < -0.4 is 4.90 Å². The fraction of sp³-hybridized carbons (Fsp3) is 0.269. The molecule has 0 atom stereocenters. The lowest BCUT2D eigenvalue weighted by atomic mass is 10.0. The van der Waals surface area contributed by atoms with Crippen molar-refractivity contribution in [2.45, 2.75) is 19.8 Å². The van der Waals surface area contributed by atoms with Gasteiger partial charge in [0, 0.05) is 44.0 Å². The van der Waals surface area contributed by atoms with E-state index >= 15 is 0 Å². The van der Waals surface area contributed by atoms with Gasteiger partial charge in [0.25, 0.3) is 5.91 Å². The Morgan fingerprint density at radius 1 is 0.970 bits per heavy atom. The molecule has 0 aliphatic carbocycles. The van der Waals surface area contributed by atoms with E-state index in [4.69, 9.17) is 5.10 Å². The Labute approximate surface area is 192 Å². The zero-order chi connectivity index (χ0) is 22.9. The number of carbonyl (C=O) groups is 1. The Morgan fingerprint density at radius 2 is 1.67 bits per heavy atom. The predicted octanol–water partition coefficient (Wildman–Crippen LogP) is 4.62. The maximum atomic E-state index is 14.2. The lowest BCUT2D eigenvalue weighted by Gasteiger charge is -2.36. The zero-order valence-electron chi connectivity index (χ0n) is 18.8. The van der Waals surface area contributed by atoms with E-state index in [-0.39, 0.29) is 17.6 Å². The number of fused-ring (bicyclic) bond motifs is 1. The lowest BCUT2D eigenvalue weighted by Crippen LogP contribution is -2.49. The number of carbonyl (C=O) groups excluding carboxylic acids is 1. The van der Waals surface area contributed by atoms with Crippen LogP contribution in [0.2, 0.25) is 0 Å². The maximum Gasteiger partial charge on any atom is 0.257 e. The van der Waals surface area contributed by atoms with E-state index in [0.29, 0.717) is 37.4 Å². The van der Waals surface area contributed by atoms with Gasteiger partial charge in [0.1, 0.15) is 5.82 Å². The average molecular weight is 444 g/mol. The summed E-state index contributed by atoms with van der Waals surface area (Å²) in [5, 5.41) is 4.79. The van der Waals surface area contributed by atoms with Crippen molar-refractivity contribution < 1.29 is 9.18 Å². The highest BCUT2D eigenvalue weighted by Crippen LogP contribution is 2.26. The summed E-state index contributed by atoms with van der Waals surface area (Å²) in [6.07, 6.45) is 1.67.